The molecule has 0 amide bonds. The molecule has 2 aromatic carbocycles. The second-order valence-electron chi connectivity index (χ2n) is 4.41. The Bertz CT molecular complexity index is 505. The molecule has 0 radical (unpaired) electrons. The van der Waals surface area contributed by atoms with Crippen molar-refractivity contribution < 1.29 is 4.74 Å². The van der Waals surface area contributed by atoms with Gasteiger partial charge in [-0.05, 0) is 48.2 Å². The summed E-state index contributed by atoms with van der Waals surface area (Å²) in [6.45, 7) is 0. The Morgan fingerprint density at radius 3 is 2.21 bits per heavy atom. The lowest BCUT2D eigenvalue weighted by molar-refractivity contribution is 0.414. The van der Waals surface area contributed by atoms with Gasteiger partial charge in [0.05, 0.1) is 12.5 Å². The number of alkyl halides is 1. The Kier molecular flexibility index (Phi) is 5.12. The summed E-state index contributed by atoms with van der Waals surface area (Å²) in [5, 5.41) is 0.752. The van der Waals surface area contributed by atoms with Crippen molar-refractivity contribution in [2.75, 3.05) is 7.11 Å². The van der Waals surface area contributed by atoms with Crippen LogP contribution in [-0.2, 0) is 6.42 Å². The van der Waals surface area contributed by atoms with Crippen molar-refractivity contribution in [3.8, 4) is 5.75 Å². The van der Waals surface area contributed by atoms with E-state index in [1.807, 2.05) is 36.4 Å². The topological polar surface area (TPSA) is 9.23 Å². The summed E-state index contributed by atoms with van der Waals surface area (Å²) in [6.07, 6.45) is 1.84. The molecule has 3 heteroatoms. The van der Waals surface area contributed by atoms with Crippen molar-refractivity contribution >= 4 is 23.2 Å². The number of aryl methyl sites for hydroxylation is 1. The zero-order valence-electron chi connectivity index (χ0n) is 10.8. The SMILES string of the molecule is COc1ccc(CCC(Cl)c2ccc(Cl)cc2)cc1. The molecule has 0 saturated carbocycles. The third-order valence-electron chi connectivity index (χ3n) is 3.08. The van der Waals surface area contributed by atoms with E-state index in [1.165, 1.54) is 5.56 Å². The van der Waals surface area contributed by atoms with E-state index in [0.717, 1.165) is 29.2 Å². The van der Waals surface area contributed by atoms with E-state index in [2.05, 4.69) is 12.1 Å². The van der Waals surface area contributed by atoms with Gasteiger partial charge >= 0.3 is 0 Å². The predicted molar refractivity (Wildman–Crippen MR) is 81.4 cm³/mol. The largest absolute Gasteiger partial charge is 0.497 e. The minimum absolute atomic E-state index is 0.0133. The molecular formula is C16H16Cl2O. The molecule has 2 rings (SSSR count). The zero-order valence-corrected chi connectivity index (χ0v) is 12.3. The van der Waals surface area contributed by atoms with Crippen molar-refractivity contribution in [3.05, 3.63) is 64.7 Å². The van der Waals surface area contributed by atoms with Gasteiger partial charge in [-0.1, -0.05) is 35.9 Å². The molecular weight excluding hydrogens is 279 g/mol. The smallest absolute Gasteiger partial charge is 0.118 e. The van der Waals surface area contributed by atoms with Crippen molar-refractivity contribution in [2.45, 2.75) is 18.2 Å². The highest BCUT2D eigenvalue weighted by Crippen LogP contribution is 2.27. The van der Waals surface area contributed by atoms with Crippen LogP contribution in [0.5, 0.6) is 5.75 Å². The maximum atomic E-state index is 6.40. The summed E-state index contributed by atoms with van der Waals surface area (Å²) in [5.41, 5.74) is 2.37. The van der Waals surface area contributed by atoms with Gasteiger partial charge < -0.3 is 4.74 Å². The molecule has 0 N–H and O–H groups in total. The quantitative estimate of drug-likeness (QED) is 0.683. The van der Waals surface area contributed by atoms with E-state index in [1.54, 1.807) is 7.11 Å². The van der Waals surface area contributed by atoms with E-state index >= 15 is 0 Å². The van der Waals surface area contributed by atoms with Crippen LogP contribution in [0.4, 0.5) is 0 Å². The molecule has 0 saturated heterocycles. The van der Waals surface area contributed by atoms with E-state index in [0.29, 0.717) is 0 Å². The summed E-state index contributed by atoms with van der Waals surface area (Å²) in [4.78, 5) is 0. The normalized spacial score (nSPS) is 12.2. The second kappa shape index (κ2) is 6.83. The van der Waals surface area contributed by atoms with Crippen molar-refractivity contribution in [3.63, 3.8) is 0 Å². The highest BCUT2D eigenvalue weighted by molar-refractivity contribution is 6.30. The molecule has 0 aromatic heterocycles. The van der Waals surface area contributed by atoms with E-state index < -0.39 is 0 Å². The Balaban J connectivity index is 1.92. The summed E-state index contributed by atoms with van der Waals surface area (Å²) >= 11 is 12.3. The monoisotopic (exact) mass is 294 g/mol. The fourth-order valence-corrected chi connectivity index (χ4v) is 2.30. The highest BCUT2D eigenvalue weighted by Gasteiger charge is 2.08. The third kappa shape index (κ3) is 4.15. The third-order valence-corrected chi connectivity index (χ3v) is 3.80. The number of halogens is 2. The first-order chi connectivity index (χ1) is 9.19. The highest BCUT2D eigenvalue weighted by atomic mass is 35.5. The average Bonchev–Trinajstić information content (AvgIpc) is 2.46. The molecule has 1 unspecified atom stereocenters. The van der Waals surface area contributed by atoms with E-state index in [4.69, 9.17) is 27.9 Å². The standard InChI is InChI=1S/C16H16Cl2O/c1-19-15-9-2-12(3-10-15)4-11-16(18)13-5-7-14(17)8-6-13/h2-3,5-10,16H,4,11H2,1H3. The molecule has 19 heavy (non-hydrogen) atoms. The summed E-state index contributed by atoms with van der Waals surface area (Å²) in [6, 6.07) is 15.8. The van der Waals surface area contributed by atoms with Gasteiger partial charge in [-0.15, -0.1) is 11.6 Å². The van der Waals surface area contributed by atoms with Gasteiger partial charge in [-0.3, -0.25) is 0 Å². The second-order valence-corrected chi connectivity index (χ2v) is 5.37. The lowest BCUT2D eigenvalue weighted by Gasteiger charge is -2.10. The fraction of sp³-hybridized carbons (Fsp3) is 0.250. The molecule has 0 fully saturated rings. The number of rotatable bonds is 5. The lowest BCUT2D eigenvalue weighted by Crippen LogP contribution is -1.94. The number of ether oxygens (including phenoxy) is 1. The number of hydrogen-bond acceptors (Lipinski definition) is 1. The summed E-state index contributed by atoms with van der Waals surface area (Å²) in [7, 11) is 1.67. The van der Waals surface area contributed by atoms with E-state index in [9.17, 15) is 0 Å². The van der Waals surface area contributed by atoms with E-state index in [-0.39, 0.29) is 5.38 Å². The number of benzene rings is 2. The summed E-state index contributed by atoms with van der Waals surface area (Å²) in [5.74, 6) is 0.879. The van der Waals surface area contributed by atoms with Gasteiger partial charge in [0.15, 0.2) is 0 Å². The van der Waals surface area contributed by atoms with Gasteiger partial charge in [0.1, 0.15) is 5.75 Å². The molecule has 1 atom stereocenters. The van der Waals surface area contributed by atoms with Gasteiger partial charge in [0, 0.05) is 5.02 Å². The van der Waals surface area contributed by atoms with Gasteiger partial charge in [-0.2, -0.15) is 0 Å². The molecule has 1 nitrogen and oxygen atoms in total. The predicted octanol–water partition coefficient (Wildman–Crippen LogP) is 5.26. The molecule has 0 spiro atoms. The van der Waals surface area contributed by atoms with Crippen LogP contribution in [0.15, 0.2) is 48.5 Å². The van der Waals surface area contributed by atoms with Crippen molar-refractivity contribution in [2.24, 2.45) is 0 Å². The first-order valence-electron chi connectivity index (χ1n) is 6.21. The van der Waals surface area contributed by atoms with Gasteiger partial charge in [-0.25, -0.2) is 0 Å². The molecule has 0 heterocycles. The van der Waals surface area contributed by atoms with Gasteiger partial charge in [0.2, 0.25) is 0 Å². The summed E-state index contributed by atoms with van der Waals surface area (Å²) < 4.78 is 5.14. The van der Waals surface area contributed by atoms with Crippen LogP contribution in [0.3, 0.4) is 0 Å². The molecule has 2 aromatic rings. The minimum atomic E-state index is 0.0133. The van der Waals surface area contributed by atoms with Crippen LogP contribution in [0.1, 0.15) is 22.9 Å². The van der Waals surface area contributed by atoms with Crippen LogP contribution >= 0.6 is 23.2 Å². The van der Waals surface area contributed by atoms with Crippen LogP contribution in [-0.4, -0.2) is 7.11 Å². The molecule has 0 aliphatic carbocycles. The maximum absolute atomic E-state index is 6.40. The number of hydrogen-bond donors (Lipinski definition) is 0. The lowest BCUT2D eigenvalue weighted by atomic mass is 10.0. The van der Waals surface area contributed by atoms with Crippen molar-refractivity contribution in [1.29, 1.82) is 0 Å². The molecule has 100 valence electrons. The Morgan fingerprint density at radius 1 is 1.00 bits per heavy atom. The molecule has 0 bridgehead atoms. The van der Waals surface area contributed by atoms with Crippen LogP contribution in [0.2, 0.25) is 5.02 Å². The first kappa shape index (κ1) is 14.2. The van der Waals surface area contributed by atoms with Crippen LogP contribution in [0.25, 0.3) is 0 Å². The Morgan fingerprint density at radius 2 is 1.63 bits per heavy atom. The Hall–Kier alpha value is -1.18. The molecule has 0 aliphatic heterocycles. The fourth-order valence-electron chi connectivity index (χ4n) is 1.92. The average molecular weight is 295 g/mol. The minimum Gasteiger partial charge on any atom is -0.497 e. The van der Waals surface area contributed by atoms with Crippen molar-refractivity contribution in [1.82, 2.24) is 0 Å². The zero-order chi connectivity index (χ0) is 13.7. The molecule has 0 aliphatic rings. The Labute approximate surface area is 124 Å². The number of methoxy groups -OCH3 is 1. The maximum Gasteiger partial charge on any atom is 0.118 e. The van der Waals surface area contributed by atoms with Crippen LogP contribution < -0.4 is 4.74 Å². The first-order valence-corrected chi connectivity index (χ1v) is 7.03. The van der Waals surface area contributed by atoms with Gasteiger partial charge in [0.25, 0.3) is 0 Å². The van der Waals surface area contributed by atoms with Crippen LogP contribution in [0, 0.1) is 0 Å².